The predicted molar refractivity (Wildman–Crippen MR) is 238 cm³/mol. The number of hydrogen-bond donors (Lipinski definition) is 2. The van der Waals surface area contributed by atoms with E-state index in [4.69, 9.17) is 24.3 Å². The Labute approximate surface area is 349 Å². The number of carbonyl (C=O) groups excluding carboxylic acids is 2. The van der Waals surface area contributed by atoms with Crippen molar-refractivity contribution in [2.24, 2.45) is 5.73 Å². The van der Waals surface area contributed by atoms with Gasteiger partial charge < -0.3 is 20.1 Å². The van der Waals surface area contributed by atoms with Crippen molar-refractivity contribution in [3.8, 4) is 0 Å². The first-order valence-corrected chi connectivity index (χ1v) is 24.6. The summed E-state index contributed by atoms with van der Waals surface area (Å²) >= 11 is 0. The molecule has 0 heterocycles. The molecule has 2 atom stereocenters. The van der Waals surface area contributed by atoms with Crippen molar-refractivity contribution < 1.29 is 37.6 Å². The molecule has 9 nitrogen and oxygen atoms in total. The van der Waals surface area contributed by atoms with Crippen LogP contribution in [0.3, 0.4) is 0 Å². The van der Waals surface area contributed by atoms with Crippen molar-refractivity contribution in [3.63, 3.8) is 0 Å². The van der Waals surface area contributed by atoms with Crippen LogP contribution in [0.4, 0.5) is 0 Å². The molecule has 0 saturated heterocycles. The highest BCUT2D eigenvalue weighted by atomic mass is 31.2. The summed E-state index contributed by atoms with van der Waals surface area (Å²) in [7, 11) is -4.39. The van der Waals surface area contributed by atoms with Crippen molar-refractivity contribution in [1.82, 2.24) is 0 Å². The highest BCUT2D eigenvalue weighted by Gasteiger charge is 2.26. The molecule has 0 radical (unpaired) electrons. The summed E-state index contributed by atoms with van der Waals surface area (Å²) in [5.74, 6) is -0.890. The van der Waals surface area contributed by atoms with Gasteiger partial charge in [0, 0.05) is 19.4 Å². The molecule has 0 fully saturated rings. The summed E-state index contributed by atoms with van der Waals surface area (Å²) in [5, 5.41) is 0. The van der Waals surface area contributed by atoms with E-state index in [0.29, 0.717) is 12.8 Å². The van der Waals surface area contributed by atoms with Crippen LogP contribution in [0.2, 0.25) is 0 Å². The summed E-state index contributed by atoms with van der Waals surface area (Å²) in [6, 6.07) is 0. The zero-order valence-corrected chi connectivity index (χ0v) is 37.5. The molecule has 0 aromatic rings. The molecule has 0 rings (SSSR count). The van der Waals surface area contributed by atoms with Crippen LogP contribution in [0.25, 0.3) is 0 Å². The average Bonchev–Trinajstić information content (AvgIpc) is 3.20. The number of ether oxygens (including phenoxy) is 2. The lowest BCUT2D eigenvalue weighted by Crippen LogP contribution is -2.29. The lowest BCUT2D eigenvalue weighted by Gasteiger charge is -2.19. The Morgan fingerprint density at radius 2 is 0.930 bits per heavy atom. The Hall–Kier alpha value is -2.03. The fourth-order valence-corrected chi connectivity index (χ4v) is 7.00. The lowest BCUT2D eigenvalue weighted by atomic mass is 10.1. The topological polar surface area (TPSA) is 134 Å². The van der Waals surface area contributed by atoms with Gasteiger partial charge >= 0.3 is 19.8 Å². The lowest BCUT2D eigenvalue weighted by molar-refractivity contribution is -0.161. The maximum Gasteiger partial charge on any atom is 0.472 e. The van der Waals surface area contributed by atoms with Gasteiger partial charge in [-0.3, -0.25) is 18.6 Å². The van der Waals surface area contributed by atoms with Gasteiger partial charge in [-0.25, -0.2) is 4.57 Å². The van der Waals surface area contributed by atoms with Gasteiger partial charge in [0.05, 0.1) is 13.2 Å². The normalized spacial score (nSPS) is 13.7. The van der Waals surface area contributed by atoms with Crippen LogP contribution in [0.15, 0.2) is 48.6 Å². The molecule has 0 spiro atoms. The molecule has 10 heteroatoms. The van der Waals surface area contributed by atoms with Gasteiger partial charge in [0.15, 0.2) is 6.10 Å². The molecular weight excluding hydrogens is 737 g/mol. The third-order valence-corrected chi connectivity index (χ3v) is 10.7. The fraction of sp³-hybridized carbons (Fsp3) is 0.787. The number of carbonyl (C=O) groups is 2. The Balaban J connectivity index is 4.19. The first-order valence-electron chi connectivity index (χ1n) is 23.1. The SMILES string of the molecule is CCCCCCCCC=CCC=CCC=CCCCC(=O)OC[C@H](COP(=O)(O)OCCN)OC(=O)CCCCCCCCCCCC=CCCCCCCCC. The summed E-state index contributed by atoms with van der Waals surface area (Å²) in [6.07, 6.45) is 50.1. The Bertz CT molecular complexity index is 1080. The van der Waals surface area contributed by atoms with Crippen LogP contribution in [-0.2, 0) is 32.7 Å². The number of phosphoric ester groups is 1. The molecule has 0 amide bonds. The molecule has 57 heavy (non-hydrogen) atoms. The highest BCUT2D eigenvalue weighted by Crippen LogP contribution is 2.43. The molecule has 3 N–H and O–H groups in total. The van der Waals surface area contributed by atoms with Gasteiger partial charge in [0.1, 0.15) is 6.61 Å². The molecule has 0 bridgehead atoms. The van der Waals surface area contributed by atoms with Crippen molar-refractivity contribution in [2.45, 2.75) is 213 Å². The number of rotatable bonds is 43. The van der Waals surface area contributed by atoms with Gasteiger partial charge in [0.25, 0.3) is 0 Å². The molecule has 1 unspecified atom stereocenters. The van der Waals surface area contributed by atoms with Gasteiger partial charge in [-0.2, -0.15) is 0 Å². The zero-order chi connectivity index (χ0) is 41.8. The van der Waals surface area contributed by atoms with Gasteiger partial charge in [-0.15, -0.1) is 0 Å². The quantitative estimate of drug-likeness (QED) is 0.0267. The molecule has 0 saturated carbocycles. The maximum atomic E-state index is 12.6. The van der Waals surface area contributed by atoms with Crippen LogP contribution in [0.1, 0.15) is 206 Å². The van der Waals surface area contributed by atoms with Crippen LogP contribution in [-0.4, -0.2) is 49.3 Å². The number of nitrogens with two attached hydrogens (primary N) is 1. The smallest absolute Gasteiger partial charge is 0.462 e. The van der Waals surface area contributed by atoms with Crippen LogP contribution < -0.4 is 5.73 Å². The van der Waals surface area contributed by atoms with Crippen molar-refractivity contribution in [2.75, 3.05) is 26.4 Å². The number of hydrogen-bond acceptors (Lipinski definition) is 8. The summed E-state index contributed by atoms with van der Waals surface area (Å²) in [4.78, 5) is 34.9. The molecule has 332 valence electrons. The van der Waals surface area contributed by atoms with E-state index < -0.39 is 32.5 Å². The van der Waals surface area contributed by atoms with Crippen LogP contribution >= 0.6 is 7.82 Å². The Kier molecular flexibility index (Phi) is 42.0. The van der Waals surface area contributed by atoms with Crippen molar-refractivity contribution in [1.29, 1.82) is 0 Å². The number of phosphoric acid groups is 1. The van der Waals surface area contributed by atoms with Crippen LogP contribution in [0, 0.1) is 0 Å². The van der Waals surface area contributed by atoms with E-state index in [1.807, 2.05) is 0 Å². The second-order valence-corrected chi connectivity index (χ2v) is 16.7. The fourth-order valence-electron chi connectivity index (χ4n) is 6.23. The third-order valence-electron chi connectivity index (χ3n) is 9.69. The second kappa shape index (κ2) is 43.5. The standard InChI is InChI=1S/C47H86NO8P/c1-3-5-7-9-11-13-15-17-19-21-22-24-26-28-30-32-34-36-38-40-47(50)56-45(44-55-57(51,52)54-42-41-48)43-53-46(49)39-37-35-33-31-29-27-25-23-20-18-16-14-12-10-8-6-4-2/h17-20,25,27,31,33,45H,3-16,21-24,26,28-30,32,34-44,48H2,1-2H3,(H,51,52)/t45-/m1/s1. The van der Waals surface area contributed by atoms with E-state index in [1.165, 1.54) is 122 Å². The summed E-state index contributed by atoms with van der Waals surface area (Å²) < 4.78 is 32.8. The molecule has 0 aromatic heterocycles. The number of unbranched alkanes of at least 4 members (excludes halogenated alkanes) is 22. The first kappa shape index (κ1) is 55.0. The van der Waals surface area contributed by atoms with Gasteiger partial charge in [-0.1, -0.05) is 172 Å². The summed E-state index contributed by atoms with van der Waals surface area (Å²) in [6.45, 7) is 3.67. The van der Waals surface area contributed by atoms with Gasteiger partial charge in [0.2, 0.25) is 0 Å². The molecule has 0 aromatic carbocycles. The van der Waals surface area contributed by atoms with Crippen molar-refractivity contribution >= 4 is 19.8 Å². The Morgan fingerprint density at radius 3 is 1.42 bits per heavy atom. The molecule has 0 aliphatic carbocycles. The Morgan fingerprint density at radius 1 is 0.526 bits per heavy atom. The van der Waals surface area contributed by atoms with E-state index >= 15 is 0 Å². The van der Waals surface area contributed by atoms with E-state index in [2.05, 4.69) is 62.5 Å². The maximum absolute atomic E-state index is 12.6. The third kappa shape index (κ3) is 43.4. The van der Waals surface area contributed by atoms with E-state index in [9.17, 15) is 19.0 Å². The molecular formula is C47H86NO8P. The van der Waals surface area contributed by atoms with E-state index in [0.717, 1.165) is 44.9 Å². The van der Waals surface area contributed by atoms with E-state index in [1.54, 1.807) is 0 Å². The summed E-state index contributed by atoms with van der Waals surface area (Å²) in [5.41, 5.74) is 5.35. The largest absolute Gasteiger partial charge is 0.472 e. The minimum absolute atomic E-state index is 0.0457. The minimum Gasteiger partial charge on any atom is -0.462 e. The van der Waals surface area contributed by atoms with E-state index in [-0.39, 0.29) is 32.6 Å². The highest BCUT2D eigenvalue weighted by molar-refractivity contribution is 7.47. The van der Waals surface area contributed by atoms with Crippen molar-refractivity contribution in [3.05, 3.63) is 48.6 Å². The minimum atomic E-state index is -4.39. The average molecular weight is 824 g/mol. The van der Waals surface area contributed by atoms with Gasteiger partial charge in [-0.05, 0) is 70.6 Å². The number of allylic oxidation sites excluding steroid dienone is 8. The molecule has 0 aliphatic heterocycles. The second-order valence-electron chi connectivity index (χ2n) is 15.3. The first-order chi connectivity index (χ1) is 27.8. The molecule has 0 aliphatic rings. The predicted octanol–water partition coefficient (Wildman–Crippen LogP) is 13.5. The number of esters is 2. The van der Waals surface area contributed by atoms with Crippen LogP contribution in [0.5, 0.6) is 0 Å². The monoisotopic (exact) mass is 824 g/mol. The zero-order valence-electron chi connectivity index (χ0n) is 36.6.